The molecule has 2 aromatic heterocycles. The molecule has 0 saturated carbocycles. The number of hydrogen-bond donors (Lipinski definition) is 0. The van der Waals surface area contributed by atoms with Crippen LogP contribution in [0.1, 0.15) is 23.2 Å². The van der Waals surface area contributed by atoms with E-state index in [-0.39, 0.29) is 5.91 Å². The second-order valence-corrected chi connectivity index (χ2v) is 8.21. The van der Waals surface area contributed by atoms with Crippen LogP contribution in [0.5, 0.6) is 0 Å². The molecule has 1 amide bonds. The van der Waals surface area contributed by atoms with Crippen molar-refractivity contribution < 1.29 is 4.79 Å². The van der Waals surface area contributed by atoms with Gasteiger partial charge in [-0.1, -0.05) is 65.4 Å². The highest BCUT2D eigenvalue weighted by molar-refractivity contribution is 7.23. The minimum atomic E-state index is 0.0207. The second kappa shape index (κ2) is 8.72. The molecule has 0 atom stereocenters. The normalized spacial score (nSPS) is 11.0. The maximum Gasteiger partial charge on any atom is 0.229 e. The summed E-state index contributed by atoms with van der Waals surface area (Å²) >= 11 is 7.83. The molecule has 6 heteroatoms. The van der Waals surface area contributed by atoms with Crippen molar-refractivity contribution in [3.8, 4) is 0 Å². The summed E-state index contributed by atoms with van der Waals surface area (Å²) in [6, 6.07) is 19.6. The topological polar surface area (TPSA) is 46.1 Å². The van der Waals surface area contributed by atoms with Crippen LogP contribution in [0.4, 0.5) is 5.13 Å². The molecule has 0 saturated heterocycles. The van der Waals surface area contributed by atoms with Gasteiger partial charge in [0.15, 0.2) is 5.13 Å². The van der Waals surface area contributed by atoms with Crippen LogP contribution in [-0.2, 0) is 17.8 Å². The molecule has 0 radical (unpaired) electrons. The Morgan fingerprint density at radius 2 is 1.86 bits per heavy atom. The fourth-order valence-corrected chi connectivity index (χ4v) is 4.49. The van der Waals surface area contributed by atoms with Crippen LogP contribution in [0, 0.1) is 6.92 Å². The van der Waals surface area contributed by atoms with E-state index in [0.717, 1.165) is 27.0 Å². The number of aromatic nitrogens is 2. The molecule has 4 nitrogen and oxygen atoms in total. The Balaban J connectivity index is 1.65. The van der Waals surface area contributed by atoms with E-state index in [9.17, 15) is 4.79 Å². The van der Waals surface area contributed by atoms with Gasteiger partial charge in [0.05, 0.1) is 27.5 Å². The SMILES string of the molecule is Cc1ccc(Cl)c2sc(N(Cc3ccccn3)C(=O)CCc3ccccc3)nc12. The van der Waals surface area contributed by atoms with Crippen molar-refractivity contribution >= 4 is 44.2 Å². The van der Waals surface area contributed by atoms with E-state index in [0.29, 0.717) is 29.5 Å². The summed E-state index contributed by atoms with van der Waals surface area (Å²) in [5, 5.41) is 1.31. The van der Waals surface area contributed by atoms with Gasteiger partial charge >= 0.3 is 0 Å². The summed E-state index contributed by atoms with van der Waals surface area (Å²) in [5.74, 6) is 0.0207. The summed E-state index contributed by atoms with van der Waals surface area (Å²) in [7, 11) is 0. The van der Waals surface area contributed by atoms with Crippen LogP contribution < -0.4 is 4.90 Å². The first-order valence-electron chi connectivity index (χ1n) is 9.41. The lowest BCUT2D eigenvalue weighted by atomic mass is 10.1. The Labute approximate surface area is 178 Å². The highest BCUT2D eigenvalue weighted by Gasteiger charge is 2.22. The lowest BCUT2D eigenvalue weighted by Crippen LogP contribution is -2.30. The first-order chi connectivity index (χ1) is 14.1. The number of fused-ring (bicyclic) bond motifs is 1. The number of amides is 1. The average molecular weight is 422 g/mol. The molecule has 4 aromatic rings. The van der Waals surface area contributed by atoms with Crippen molar-refractivity contribution in [1.29, 1.82) is 0 Å². The number of carbonyl (C=O) groups excluding carboxylic acids is 1. The van der Waals surface area contributed by atoms with Gasteiger partial charge in [-0.3, -0.25) is 14.7 Å². The number of aryl methyl sites for hydroxylation is 2. The van der Waals surface area contributed by atoms with Gasteiger partial charge in [0, 0.05) is 12.6 Å². The standard InChI is InChI=1S/C23H20ClN3OS/c1-16-10-12-19(24)22-21(16)26-23(29-22)27(15-18-9-5-6-14-25-18)20(28)13-11-17-7-3-2-4-8-17/h2-10,12,14H,11,13,15H2,1H3. The molecular formula is C23H20ClN3OS. The van der Waals surface area contributed by atoms with Gasteiger partial charge in [-0.15, -0.1) is 0 Å². The quantitative estimate of drug-likeness (QED) is 0.394. The van der Waals surface area contributed by atoms with Gasteiger partial charge in [-0.25, -0.2) is 4.98 Å². The zero-order valence-corrected chi connectivity index (χ0v) is 17.6. The van der Waals surface area contributed by atoms with Crippen LogP contribution in [-0.4, -0.2) is 15.9 Å². The Kier molecular flexibility index (Phi) is 5.88. The Morgan fingerprint density at radius 3 is 2.59 bits per heavy atom. The number of nitrogens with zero attached hydrogens (tertiary/aromatic N) is 3. The van der Waals surface area contributed by atoms with E-state index in [1.807, 2.05) is 67.6 Å². The number of rotatable bonds is 6. The second-order valence-electron chi connectivity index (χ2n) is 6.83. The molecule has 0 aliphatic rings. The average Bonchev–Trinajstić information content (AvgIpc) is 3.21. The first kappa shape index (κ1) is 19.6. The van der Waals surface area contributed by atoms with Gasteiger partial charge in [-0.05, 0) is 42.7 Å². The zero-order valence-electron chi connectivity index (χ0n) is 16.0. The first-order valence-corrected chi connectivity index (χ1v) is 10.6. The molecule has 4 rings (SSSR count). The van der Waals surface area contributed by atoms with Gasteiger partial charge in [-0.2, -0.15) is 0 Å². The van der Waals surface area contributed by atoms with E-state index >= 15 is 0 Å². The highest BCUT2D eigenvalue weighted by Crippen LogP contribution is 2.36. The van der Waals surface area contributed by atoms with Gasteiger partial charge in [0.25, 0.3) is 0 Å². The van der Waals surface area contributed by atoms with Crippen molar-refractivity contribution in [3.05, 3.63) is 88.7 Å². The van der Waals surface area contributed by atoms with Gasteiger partial charge < -0.3 is 0 Å². The van der Waals surface area contributed by atoms with Crippen molar-refractivity contribution in [2.24, 2.45) is 0 Å². The smallest absolute Gasteiger partial charge is 0.229 e. The van der Waals surface area contributed by atoms with Crippen LogP contribution in [0.3, 0.4) is 0 Å². The molecule has 0 N–H and O–H groups in total. The molecular weight excluding hydrogens is 402 g/mol. The van der Waals surface area contributed by atoms with Crippen LogP contribution in [0.2, 0.25) is 5.02 Å². The third kappa shape index (κ3) is 4.47. The summed E-state index contributed by atoms with van der Waals surface area (Å²) in [6.45, 7) is 2.38. The monoisotopic (exact) mass is 421 g/mol. The summed E-state index contributed by atoms with van der Waals surface area (Å²) < 4.78 is 0.906. The molecule has 0 aliphatic heterocycles. The molecule has 0 fully saturated rings. The molecule has 2 aromatic carbocycles. The van der Waals surface area contributed by atoms with Gasteiger partial charge in [0.1, 0.15) is 0 Å². The molecule has 2 heterocycles. The maximum atomic E-state index is 13.2. The number of carbonyl (C=O) groups is 1. The Hall–Kier alpha value is -2.76. The fraction of sp³-hybridized carbons (Fsp3) is 0.174. The predicted octanol–water partition coefficient (Wildman–Crippen LogP) is 5.82. The summed E-state index contributed by atoms with van der Waals surface area (Å²) in [5.41, 5.74) is 3.85. The van der Waals surface area contributed by atoms with Gasteiger partial charge in [0.2, 0.25) is 5.91 Å². The van der Waals surface area contributed by atoms with E-state index in [2.05, 4.69) is 4.98 Å². The highest BCUT2D eigenvalue weighted by atomic mass is 35.5. The Morgan fingerprint density at radius 1 is 1.07 bits per heavy atom. The third-order valence-electron chi connectivity index (χ3n) is 4.73. The number of anilines is 1. The molecule has 29 heavy (non-hydrogen) atoms. The van der Waals surface area contributed by atoms with Crippen molar-refractivity contribution in [2.75, 3.05) is 4.90 Å². The number of hydrogen-bond acceptors (Lipinski definition) is 4. The van der Waals surface area contributed by atoms with E-state index in [4.69, 9.17) is 16.6 Å². The number of halogens is 1. The third-order valence-corrected chi connectivity index (χ3v) is 6.27. The van der Waals surface area contributed by atoms with E-state index in [1.54, 1.807) is 11.1 Å². The van der Waals surface area contributed by atoms with Crippen molar-refractivity contribution in [2.45, 2.75) is 26.3 Å². The number of thiazole rings is 1. The lowest BCUT2D eigenvalue weighted by molar-refractivity contribution is -0.118. The number of benzene rings is 2. The van der Waals surface area contributed by atoms with Crippen LogP contribution in [0.15, 0.2) is 66.9 Å². The molecule has 0 unspecified atom stereocenters. The van der Waals surface area contributed by atoms with Crippen molar-refractivity contribution in [3.63, 3.8) is 0 Å². The lowest BCUT2D eigenvalue weighted by Gasteiger charge is -2.19. The maximum absolute atomic E-state index is 13.2. The number of pyridine rings is 1. The fourth-order valence-electron chi connectivity index (χ4n) is 3.15. The largest absolute Gasteiger partial charge is 0.282 e. The molecule has 0 aliphatic carbocycles. The summed E-state index contributed by atoms with van der Waals surface area (Å²) in [6.07, 6.45) is 2.82. The van der Waals surface area contributed by atoms with E-state index in [1.165, 1.54) is 11.3 Å². The van der Waals surface area contributed by atoms with Crippen molar-refractivity contribution in [1.82, 2.24) is 9.97 Å². The molecule has 0 spiro atoms. The van der Waals surface area contributed by atoms with Crippen LogP contribution in [0.25, 0.3) is 10.2 Å². The Bertz CT molecular complexity index is 1090. The molecule has 146 valence electrons. The summed E-state index contributed by atoms with van der Waals surface area (Å²) in [4.78, 5) is 24.1. The van der Waals surface area contributed by atoms with Crippen LogP contribution >= 0.6 is 22.9 Å². The minimum absolute atomic E-state index is 0.0207. The zero-order chi connectivity index (χ0) is 20.2. The predicted molar refractivity (Wildman–Crippen MR) is 120 cm³/mol. The molecule has 0 bridgehead atoms. The minimum Gasteiger partial charge on any atom is -0.282 e. The van der Waals surface area contributed by atoms with E-state index < -0.39 is 0 Å².